The second-order valence-electron chi connectivity index (χ2n) is 25.7. The van der Waals surface area contributed by atoms with Crippen LogP contribution in [-0.4, -0.2) is 175 Å². The molecule has 24 heteroatoms. The van der Waals surface area contributed by atoms with Gasteiger partial charge in [-0.2, -0.15) is 0 Å². The average Bonchev–Trinajstić information content (AvgIpc) is 1.09. The van der Waals surface area contributed by atoms with Crippen molar-refractivity contribution in [2.24, 2.45) is 35.3 Å². The monoisotopic (exact) mass is 1310 g/mol. The topological polar surface area (TPSA) is 313 Å². The van der Waals surface area contributed by atoms with Crippen molar-refractivity contribution in [1.82, 2.24) is 46.2 Å². The molecule has 0 saturated heterocycles. The predicted molar refractivity (Wildman–Crippen MR) is 364 cm³/mol. The molecule has 0 aliphatic carbocycles. The highest BCUT2D eigenvalue weighted by Crippen LogP contribution is 2.27. The summed E-state index contributed by atoms with van der Waals surface area (Å²) in [5.74, 6) is -4.60. The van der Waals surface area contributed by atoms with Crippen LogP contribution in [0.1, 0.15) is 158 Å². The van der Waals surface area contributed by atoms with Gasteiger partial charge in [0.1, 0.15) is 31.0 Å². The number of anilines is 1. The Morgan fingerprint density at radius 2 is 1.33 bits per heavy atom. The summed E-state index contributed by atoms with van der Waals surface area (Å²) in [6.45, 7) is 29.7. The van der Waals surface area contributed by atoms with Gasteiger partial charge in [0.2, 0.25) is 29.5 Å². The number of nitrogens with two attached hydrogens (primary N) is 1. The number of carbonyl (C=O) groups is 9. The molecule has 10 amide bonds. The predicted octanol–water partition coefficient (Wildman–Crippen LogP) is 7.65. The lowest BCUT2D eigenvalue weighted by atomic mass is 9.89. The summed E-state index contributed by atoms with van der Waals surface area (Å²) in [6.07, 6.45) is 4.35. The maximum Gasteiger partial charge on any atom is 0.410 e. The Hall–Kier alpha value is -7.83. The van der Waals surface area contributed by atoms with Crippen LogP contribution in [-0.2, 0) is 54.4 Å². The number of aliphatic hydroxyl groups excluding tert-OH is 1. The molecule has 1 aliphatic rings. The van der Waals surface area contributed by atoms with E-state index in [9.17, 15) is 48.3 Å². The Morgan fingerprint density at radius 3 is 1.88 bits per heavy atom. The zero-order valence-corrected chi connectivity index (χ0v) is 58.5. The minimum atomic E-state index is -1.07. The summed E-state index contributed by atoms with van der Waals surface area (Å²) >= 11 is 0. The van der Waals surface area contributed by atoms with Crippen molar-refractivity contribution >= 4 is 59.2 Å². The van der Waals surface area contributed by atoms with E-state index in [0.717, 1.165) is 25.0 Å². The summed E-state index contributed by atoms with van der Waals surface area (Å²) in [6, 6.07) is 10.5. The van der Waals surface area contributed by atoms with E-state index in [1.165, 1.54) is 48.1 Å². The number of rotatable bonds is 43. The SMILES string of the molecule is C=C(CCCCCN1C(=O)C=CC1=O)NC(C(=C)N[C@@H](CCCNC(N)=O)C(=O)Nc1ccc(COC(=O)N(C)C(C(=O)N[C@H](C(=O)N(C)C(C(C)CC)C(CC(=O)N(CCCC)C(OC)C(C)C(=O)NC(C)C(O)c2ccccc2)OC)C(C)C)C(C)C)cc1)C(C)C. The van der Waals surface area contributed by atoms with Gasteiger partial charge in [0, 0.05) is 77.2 Å². The Labute approximate surface area is 558 Å². The quantitative estimate of drug-likeness (QED) is 0.0180. The molecule has 0 bridgehead atoms. The summed E-state index contributed by atoms with van der Waals surface area (Å²) in [5.41, 5.74) is 8.31. The lowest BCUT2D eigenvalue weighted by Crippen LogP contribution is -2.60. The first-order valence-corrected chi connectivity index (χ1v) is 33.2. The van der Waals surface area contributed by atoms with Crippen LogP contribution in [0.4, 0.5) is 15.3 Å². The molecule has 3 rings (SSSR count). The van der Waals surface area contributed by atoms with Crippen molar-refractivity contribution in [3.63, 3.8) is 0 Å². The van der Waals surface area contributed by atoms with E-state index in [1.54, 1.807) is 102 Å². The molecule has 1 aliphatic heterocycles. The number of hydrogen-bond acceptors (Lipinski definition) is 15. The Kier molecular flexibility index (Phi) is 34.6. The average molecular weight is 1310 g/mol. The van der Waals surface area contributed by atoms with Gasteiger partial charge in [-0.1, -0.05) is 137 Å². The lowest BCUT2D eigenvalue weighted by molar-refractivity contribution is -0.158. The molecule has 9 N–H and O–H groups in total. The zero-order chi connectivity index (χ0) is 70.5. The number of imide groups is 1. The minimum absolute atomic E-state index is 0.0339. The van der Waals surface area contributed by atoms with Gasteiger partial charge >= 0.3 is 12.1 Å². The highest BCUT2D eigenvalue weighted by molar-refractivity contribution is 6.12. The van der Waals surface area contributed by atoms with Crippen molar-refractivity contribution in [2.45, 2.75) is 202 Å². The normalized spacial score (nSPS) is 15.7. The third kappa shape index (κ3) is 24.8. The maximum absolute atomic E-state index is 14.9. The van der Waals surface area contributed by atoms with E-state index in [2.05, 4.69) is 45.1 Å². The molecule has 524 valence electrons. The molecule has 0 radical (unpaired) electrons. The first-order chi connectivity index (χ1) is 44.4. The lowest BCUT2D eigenvalue weighted by Gasteiger charge is -2.41. The van der Waals surface area contributed by atoms with Crippen LogP contribution in [0.2, 0.25) is 0 Å². The fourth-order valence-electron chi connectivity index (χ4n) is 11.5. The van der Waals surface area contributed by atoms with Crippen LogP contribution in [0.15, 0.2) is 91.3 Å². The van der Waals surface area contributed by atoms with E-state index >= 15 is 0 Å². The third-order valence-electron chi connectivity index (χ3n) is 17.3. The Morgan fingerprint density at radius 1 is 0.702 bits per heavy atom. The van der Waals surface area contributed by atoms with Crippen LogP contribution >= 0.6 is 0 Å². The second-order valence-corrected chi connectivity index (χ2v) is 25.7. The number of amides is 10. The second kappa shape index (κ2) is 40.4. The first-order valence-electron chi connectivity index (χ1n) is 33.2. The third-order valence-corrected chi connectivity index (χ3v) is 17.3. The molecule has 9 unspecified atom stereocenters. The van der Waals surface area contributed by atoms with Gasteiger partial charge in [0.05, 0.1) is 42.7 Å². The summed E-state index contributed by atoms with van der Waals surface area (Å²) < 4.78 is 17.8. The number of likely N-dealkylation sites (N-methyl/N-ethyl adjacent to an activating group) is 2. The van der Waals surface area contributed by atoms with Gasteiger partial charge in [-0.15, -0.1) is 0 Å². The first kappa shape index (κ1) is 80.4. The molecular weight excluding hydrogens is 1200 g/mol. The molecule has 94 heavy (non-hydrogen) atoms. The Bertz CT molecular complexity index is 2820. The number of ether oxygens (including phenoxy) is 3. The van der Waals surface area contributed by atoms with Crippen molar-refractivity contribution in [3.8, 4) is 0 Å². The number of urea groups is 1. The number of unbranched alkanes of at least 4 members (excludes halogenated alkanes) is 3. The summed E-state index contributed by atoms with van der Waals surface area (Å²) in [5, 5.41) is 29.1. The van der Waals surface area contributed by atoms with Gasteiger partial charge in [-0.05, 0) is 99.3 Å². The Balaban J connectivity index is 1.71. The fraction of sp³-hybridized carbons (Fsp3) is 0.614. The molecule has 0 saturated carbocycles. The number of carbonyl (C=O) groups excluding carboxylic acids is 9. The number of hydrogen-bond donors (Lipinski definition) is 8. The minimum Gasteiger partial charge on any atom is -0.445 e. The molecule has 24 nitrogen and oxygen atoms in total. The molecule has 0 fully saturated rings. The maximum atomic E-state index is 14.9. The van der Waals surface area contributed by atoms with E-state index in [-0.39, 0.29) is 67.6 Å². The molecular formula is C70H111N11O13. The van der Waals surface area contributed by atoms with E-state index < -0.39 is 96.2 Å². The summed E-state index contributed by atoms with van der Waals surface area (Å²) in [7, 11) is 6.01. The van der Waals surface area contributed by atoms with Crippen molar-refractivity contribution < 1.29 is 62.5 Å². The molecule has 11 atom stereocenters. The number of nitrogens with zero attached hydrogens (tertiary/aromatic N) is 4. The van der Waals surface area contributed by atoms with Gasteiger partial charge in [-0.3, -0.25) is 43.4 Å². The zero-order valence-electron chi connectivity index (χ0n) is 58.5. The van der Waals surface area contributed by atoms with Gasteiger partial charge < -0.3 is 66.8 Å². The fourth-order valence-corrected chi connectivity index (χ4v) is 11.5. The number of methoxy groups -OCH3 is 2. The van der Waals surface area contributed by atoms with Crippen molar-refractivity contribution in [3.05, 3.63) is 102 Å². The van der Waals surface area contributed by atoms with Crippen LogP contribution in [0.25, 0.3) is 0 Å². The molecule has 2 aromatic rings. The van der Waals surface area contributed by atoms with E-state index in [1.807, 2.05) is 40.7 Å². The molecule has 0 aromatic heterocycles. The highest BCUT2D eigenvalue weighted by atomic mass is 16.6. The number of primary amides is 1. The highest BCUT2D eigenvalue weighted by Gasteiger charge is 2.42. The molecule has 2 aromatic carbocycles. The van der Waals surface area contributed by atoms with Crippen LogP contribution in [0.3, 0.4) is 0 Å². The number of nitrogens with one attached hydrogen (secondary N) is 6. The van der Waals surface area contributed by atoms with E-state index in [4.69, 9.17) is 19.9 Å². The smallest absolute Gasteiger partial charge is 0.410 e. The van der Waals surface area contributed by atoms with Crippen molar-refractivity contribution in [1.29, 1.82) is 0 Å². The largest absolute Gasteiger partial charge is 0.445 e. The molecule has 0 spiro atoms. The number of benzene rings is 2. The van der Waals surface area contributed by atoms with Crippen LogP contribution < -0.4 is 37.6 Å². The number of aliphatic hydroxyl groups is 1. The standard InChI is InChI=1S/C70H111N11O13/c1-18-20-39-81(68(93-17)48(11)64(86)75-50(13)63(85)52-29-24-21-25-30-52)58(84)41-55(92-16)62(46(9)19-2)78(14)67(89)60(44(5)6)77-66(88)61(45(7)8)79(15)70(91)94-42-51-32-34-53(35-33-51)76-65(87)54(31-27-38-72-69(71)90)74-49(12)59(43(3)4)73-47(10)28-23-22-26-40-80-56(82)36-37-57(80)83/h21,24-25,29-30,32-37,43-46,48,50,54-55,59-63,68,73-74,85H,10,12,18-20,22-23,26-28,31,38-42H2,1-9,11,13-17H3,(H,75,86)(H,76,87)(H,77,88)(H3,71,72,90)/t46?,48?,50?,54-,55?,59?,60-,61?,62?,63?,68?/m0/s1. The number of allylic oxidation sites excluding steroid dienone is 1. The van der Waals surface area contributed by atoms with Crippen molar-refractivity contribution in [2.75, 3.05) is 53.3 Å². The summed E-state index contributed by atoms with van der Waals surface area (Å²) in [4.78, 5) is 126. The van der Waals surface area contributed by atoms with Crippen LogP contribution in [0, 0.1) is 29.6 Å². The van der Waals surface area contributed by atoms with E-state index in [0.29, 0.717) is 67.6 Å². The van der Waals surface area contributed by atoms with Gasteiger partial charge in [0.25, 0.3) is 11.8 Å². The van der Waals surface area contributed by atoms with Gasteiger partial charge in [0.15, 0.2) is 0 Å². The van der Waals surface area contributed by atoms with Crippen LogP contribution in [0.5, 0.6) is 0 Å². The molecule has 1 heterocycles. The van der Waals surface area contributed by atoms with Gasteiger partial charge in [-0.25, -0.2) is 9.59 Å².